The quantitative estimate of drug-likeness (QED) is 0.826. The molecule has 1 spiro atoms. The zero-order chi connectivity index (χ0) is 14.0. The molecule has 108 valence electrons. The van der Waals surface area contributed by atoms with Gasteiger partial charge >= 0.3 is 6.03 Å². The Hall–Kier alpha value is -1.55. The first-order valence-electron chi connectivity index (χ1n) is 7.50. The lowest BCUT2D eigenvalue weighted by atomic mass is 9.78. The molecule has 2 fully saturated rings. The zero-order valence-electron chi connectivity index (χ0n) is 12.1. The van der Waals surface area contributed by atoms with Crippen LogP contribution in [0.3, 0.4) is 0 Å². The van der Waals surface area contributed by atoms with Gasteiger partial charge in [-0.3, -0.25) is 0 Å². The maximum atomic E-state index is 12.4. The Balaban J connectivity index is 1.61. The lowest BCUT2D eigenvalue weighted by molar-refractivity contribution is 0.191. The van der Waals surface area contributed by atoms with Crippen molar-refractivity contribution < 1.29 is 4.79 Å². The second-order valence-corrected chi connectivity index (χ2v) is 6.22. The number of carbonyl (C=O) groups excluding carboxylic acids is 1. The highest BCUT2D eigenvalue weighted by Gasteiger charge is 2.40. The summed E-state index contributed by atoms with van der Waals surface area (Å²) in [5.41, 5.74) is 2.43. The number of rotatable bonds is 1. The third-order valence-corrected chi connectivity index (χ3v) is 4.66. The summed E-state index contributed by atoms with van der Waals surface area (Å²) in [6.45, 7) is 6.01. The minimum atomic E-state index is 0.0472. The van der Waals surface area contributed by atoms with Gasteiger partial charge in [0.1, 0.15) is 0 Å². The Morgan fingerprint density at radius 3 is 2.85 bits per heavy atom. The van der Waals surface area contributed by atoms with Gasteiger partial charge in [-0.25, -0.2) is 4.79 Å². The molecule has 0 bridgehead atoms. The molecular weight excluding hydrogens is 250 g/mol. The van der Waals surface area contributed by atoms with Gasteiger partial charge in [0.25, 0.3) is 0 Å². The highest BCUT2D eigenvalue weighted by Crippen LogP contribution is 2.38. The summed E-state index contributed by atoms with van der Waals surface area (Å²) in [6, 6.07) is 8.01. The fourth-order valence-corrected chi connectivity index (χ4v) is 3.40. The van der Waals surface area contributed by atoms with E-state index in [1.165, 1.54) is 18.4 Å². The number of carbonyl (C=O) groups is 1. The van der Waals surface area contributed by atoms with E-state index in [0.29, 0.717) is 5.41 Å². The van der Waals surface area contributed by atoms with Gasteiger partial charge in [-0.2, -0.15) is 0 Å². The molecule has 2 aliphatic heterocycles. The van der Waals surface area contributed by atoms with Gasteiger partial charge in [0, 0.05) is 18.8 Å². The van der Waals surface area contributed by atoms with E-state index < -0.39 is 0 Å². The van der Waals surface area contributed by atoms with Crippen molar-refractivity contribution in [3.05, 3.63) is 29.8 Å². The summed E-state index contributed by atoms with van der Waals surface area (Å²) in [7, 11) is 0. The molecule has 3 rings (SSSR count). The molecule has 1 aromatic rings. The zero-order valence-corrected chi connectivity index (χ0v) is 12.1. The minimum Gasteiger partial charge on any atom is -0.324 e. The average molecular weight is 273 g/mol. The lowest BCUT2D eigenvalue weighted by Crippen LogP contribution is -2.40. The molecule has 1 aromatic carbocycles. The highest BCUT2D eigenvalue weighted by atomic mass is 16.2. The molecular formula is C16H23N3O. The van der Waals surface area contributed by atoms with Crippen LogP contribution in [0.1, 0.15) is 24.8 Å². The van der Waals surface area contributed by atoms with E-state index >= 15 is 0 Å². The molecule has 0 aromatic heterocycles. The molecule has 0 aliphatic carbocycles. The average Bonchev–Trinajstić information content (AvgIpc) is 2.83. The molecule has 0 unspecified atom stereocenters. The monoisotopic (exact) mass is 273 g/mol. The molecule has 4 nitrogen and oxygen atoms in total. The number of nitrogens with zero attached hydrogens (tertiary/aromatic N) is 1. The van der Waals surface area contributed by atoms with Gasteiger partial charge in [0.15, 0.2) is 0 Å². The lowest BCUT2D eigenvalue weighted by Gasteiger charge is -2.33. The van der Waals surface area contributed by atoms with Gasteiger partial charge in [-0.15, -0.1) is 0 Å². The first-order chi connectivity index (χ1) is 9.67. The normalized spacial score (nSPS) is 21.1. The third kappa shape index (κ3) is 2.80. The van der Waals surface area contributed by atoms with E-state index in [1.54, 1.807) is 0 Å². The van der Waals surface area contributed by atoms with E-state index in [1.807, 2.05) is 36.1 Å². The Morgan fingerprint density at radius 1 is 1.30 bits per heavy atom. The van der Waals surface area contributed by atoms with Crippen LogP contribution in [0.4, 0.5) is 10.5 Å². The van der Waals surface area contributed by atoms with Crippen LogP contribution >= 0.6 is 0 Å². The number of piperidine rings is 1. The van der Waals surface area contributed by atoms with Crippen molar-refractivity contribution in [2.75, 3.05) is 31.5 Å². The number of benzene rings is 1. The van der Waals surface area contributed by atoms with Gasteiger partial charge in [0.2, 0.25) is 0 Å². The summed E-state index contributed by atoms with van der Waals surface area (Å²) < 4.78 is 0. The molecule has 2 N–H and O–H groups in total. The smallest absolute Gasteiger partial charge is 0.321 e. The maximum Gasteiger partial charge on any atom is 0.321 e. The number of aryl methyl sites for hydroxylation is 1. The Bertz CT molecular complexity index is 494. The fraction of sp³-hybridized carbons (Fsp3) is 0.562. The molecule has 2 amide bonds. The first kappa shape index (κ1) is 13.4. The second kappa shape index (κ2) is 5.44. The van der Waals surface area contributed by atoms with Gasteiger partial charge in [0.05, 0.1) is 0 Å². The van der Waals surface area contributed by atoms with Crippen LogP contribution in [0.2, 0.25) is 0 Å². The van der Waals surface area contributed by atoms with Crippen molar-refractivity contribution in [3.63, 3.8) is 0 Å². The highest BCUT2D eigenvalue weighted by molar-refractivity contribution is 5.89. The number of hydrogen-bond donors (Lipinski definition) is 2. The molecule has 20 heavy (non-hydrogen) atoms. The van der Waals surface area contributed by atoms with Crippen LogP contribution in [-0.4, -0.2) is 37.1 Å². The fourth-order valence-electron chi connectivity index (χ4n) is 3.40. The van der Waals surface area contributed by atoms with Gasteiger partial charge in [-0.1, -0.05) is 12.1 Å². The van der Waals surface area contributed by atoms with E-state index in [-0.39, 0.29) is 6.03 Å². The Kier molecular flexibility index (Phi) is 3.66. The van der Waals surface area contributed by atoms with Crippen LogP contribution in [0.15, 0.2) is 24.3 Å². The topological polar surface area (TPSA) is 44.4 Å². The van der Waals surface area contributed by atoms with E-state index in [9.17, 15) is 4.79 Å². The summed E-state index contributed by atoms with van der Waals surface area (Å²) in [5, 5.41) is 6.42. The number of urea groups is 1. The Morgan fingerprint density at radius 2 is 2.10 bits per heavy atom. The number of nitrogens with one attached hydrogen (secondary N) is 2. The van der Waals surface area contributed by atoms with Crippen LogP contribution in [0.5, 0.6) is 0 Å². The Labute approximate surface area is 120 Å². The molecule has 4 heteroatoms. The second-order valence-electron chi connectivity index (χ2n) is 6.22. The van der Waals surface area contributed by atoms with Crippen LogP contribution < -0.4 is 10.6 Å². The van der Waals surface area contributed by atoms with Crippen molar-refractivity contribution in [3.8, 4) is 0 Å². The molecule has 2 saturated heterocycles. The third-order valence-electron chi connectivity index (χ3n) is 4.66. The van der Waals surface area contributed by atoms with Crippen molar-refractivity contribution in [2.24, 2.45) is 5.41 Å². The van der Waals surface area contributed by atoms with Crippen LogP contribution in [0, 0.1) is 12.3 Å². The summed E-state index contributed by atoms with van der Waals surface area (Å²) in [6.07, 6.45) is 3.54. The number of anilines is 1. The minimum absolute atomic E-state index is 0.0472. The van der Waals surface area contributed by atoms with Crippen molar-refractivity contribution >= 4 is 11.7 Å². The standard InChI is InChI=1S/C16H23N3O/c1-13-3-2-4-14(11-13)18-15(20)19-10-7-16(12-19)5-8-17-9-6-16/h2-4,11,17H,5-10,12H2,1H3,(H,18,20). The molecule has 0 atom stereocenters. The maximum absolute atomic E-state index is 12.4. The largest absolute Gasteiger partial charge is 0.324 e. The van der Waals surface area contributed by atoms with Gasteiger partial charge < -0.3 is 15.5 Å². The van der Waals surface area contributed by atoms with Crippen LogP contribution in [0.25, 0.3) is 0 Å². The number of hydrogen-bond acceptors (Lipinski definition) is 2. The predicted octanol–water partition coefficient (Wildman–Crippen LogP) is 2.60. The summed E-state index contributed by atoms with van der Waals surface area (Å²) in [5.74, 6) is 0. The number of amides is 2. The van der Waals surface area contributed by atoms with Crippen molar-refractivity contribution in [2.45, 2.75) is 26.2 Å². The predicted molar refractivity (Wildman–Crippen MR) is 80.9 cm³/mol. The number of likely N-dealkylation sites (tertiary alicyclic amines) is 1. The molecule has 0 radical (unpaired) electrons. The summed E-state index contributed by atoms with van der Waals surface area (Å²) >= 11 is 0. The molecule has 2 heterocycles. The van der Waals surface area contributed by atoms with E-state index in [4.69, 9.17) is 0 Å². The van der Waals surface area contributed by atoms with E-state index in [2.05, 4.69) is 10.6 Å². The van der Waals surface area contributed by atoms with E-state index in [0.717, 1.165) is 38.3 Å². The van der Waals surface area contributed by atoms with Gasteiger partial charge in [-0.05, 0) is 62.4 Å². The molecule has 0 saturated carbocycles. The van der Waals surface area contributed by atoms with Crippen LogP contribution in [-0.2, 0) is 0 Å². The summed E-state index contributed by atoms with van der Waals surface area (Å²) in [4.78, 5) is 14.3. The van der Waals surface area contributed by atoms with Crippen molar-refractivity contribution in [1.82, 2.24) is 10.2 Å². The molecule has 2 aliphatic rings. The van der Waals surface area contributed by atoms with Crippen molar-refractivity contribution in [1.29, 1.82) is 0 Å². The SMILES string of the molecule is Cc1cccc(NC(=O)N2CCC3(CCNCC3)C2)c1. The first-order valence-corrected chi connectivity index (χ1v) is 7.50.